The van der Waals surface area contributed by atoms with Gasteiger partial charge in [0, 0.05) is 17.2 Å². The molecule has 2 nitrogen and oxygen atoms in total. The van der Waals surface area contributed by atoms with E-state index < -0.39 is 0 Å². The first-order chi connectivity index (χ1) is 3.93. The molecule has 0 fully saturated rings. The van der Waals surface area contributed by atoms with Gasteiger partial charge in [-0.25, -0.2) is 9.97 Å². The molecule has 8 heavy (non-hydrogen) atoms. The highest BCUT2D eigenvalue weighted by atomic mass is 35.7. The Morgan fingerprint density at radius 3 is 2.88 bits per heavy atom. The molecule has 0 spiro atoms. The van der Waals surface area contributed by atoms with E-state index in [-0.39, 0.29) is 0 Å². The van der Waals surface area contributed by atoms with Crippen molar-refractivity contribution in [1.82, 2.24) is 9.97 Å². The van der Waals surface area contributed by atoms with Gasteiger partial charge < -0.3 is 0 Å². The summed E-state index contributed by atoms with van der Waals surface area (Å²) in [5.41, 5.74) is 0. The van der Waals surface area contributed by atoms with Crippen LogP contribution in [0.5, 0.6) is 0 Å². The highest BCUT2D eigenvalue weighted by Gasteiger charge is 1.85. The van der Waals surface area contributed by atoms with Crippen molar-refractivity contribution in [3.05, 3.63) is 18.6 Å². The van der Waals surface area contributed by atoms with Crippen LogP contribution in [0.2, 0.25) is 0 Å². The van der Waals surface area contributed by atoms with Crippen molar-refractivity contribution in [1.29, 1.82) is 0 Å². The quantitative estimate of drug-likeness (QED) is 0.565. The molecule has 0 aliphatic rings. The fourth-order valence-corrected chi connectivity index (χ4v) is 0.797. The molecule has 42 valence electrons. The molecule has 0 aliphatic carbocycles. The number of aromatic nitrogens is 2. The molecular formula is C4H3ClN2S. The molecule has 1 heterocycles. The Labute approximate surface area is 55.8 Å². The molecule has 0 radical (unpaired) electrons. The summed E-state index contributed by atoms with van der Waals surface area (Å²) >= 11 is 0. The minimum atomic E-state index is 0.779. The minimum absolute atomic E-state index is 0.779. The smallest absolute Gasteiger partial charge is 0.116 e. The van der Waals surface area contributed by atoms with E-state index in [2.05, 4.69) is 9.97 Å². The Morgan fingerprint density at radius 2 is 2.50 bits per heavy atom. The highest BCUT2D eigenvalue weighted by Crippen LogP contribution is 2.16. The zero-order valence-electron chi connectivity index (χ0n) is 3.91. The Hall–Kier alpha value is -0.280. The van der Waals surface area contributed by atoms with Crippen LogP contribution < -0.4 is 0 Å². The molecule has 4 heteroatoms. The van der Waals surface area contributed by atoms with E-state index in [4.69, 9.17) is 10.7 Å². The van der Waals surface area contributed by atoms with Gasteiger partial charge in [0.1, 0.15) is 11.4 Å². The Morgan fingerprint density at radius 1 is 1.62 bits per heavy atom. The van der Waals surface area contributed by atoms with Crippen molar-refractivity contribution in [3.63, 3.8) is 0 Å². The molecular weight excluding hydrogens is 144 g/mol. The van der Waals surface area contributed by atoms with Gasteiger partial charge in [-0.2, -0.15) is 0 Å². The second-order valence-corrected chi connectivity index (χ2v) is 2.16. The SMILES string of the molecule is ClSc1ccncn1. The van der Waals surface area contributed by atoms with E-state index in [1.54, 1.807) is 12.3 Å². The number of halogens is 1. The molecule has 0 saturated carbocycles. The van der Waals surface area contributed by atoms with E-state index in [0.29, 0.717) is 0 Å². The van der Waals surface area contributed by atoms with Gasteiger partial charge in [-0.1, -0.05) is 0 Å². The van der Waals surface area contributed by atoms with Crippen molar-refractivity contribution < 1.29 is 0 Å². The van der Waals surface area contributed by atoms with Gasteiger partial charge in [0.25, 0.3) is 0 Å². The summed E-state index contributed by atoms with van der Waals surface area (Å²) < 4.78 is 0. The van der Waals surface area contributed by atoms with Crippen LogP contribution in [0.4, 0.5) is 0 Å². The lowest BCUT2D eigenvalue weighted by Gasteiger charge is -1.85. The van der Waals surface area contributed by atoms with E-state index in [1.807, 2.05) is 0 Å². The van der Waals surface area contributed by atoms with Gasteiger partial charge in [-0.15, -0.1) is 0 Å². The third kappa shape index (κ3) is 1.35. The summed E-state index contributed by atoms with van der Waals surface area (Å²) in [5, 5.41) is 0.779. The Bertz CT molecular complexity index is 155. The van der Waals surface area contributed by atoms with Crippen molar-refractivity contribution in [2.75, 3.05) is 0 Å². The predicted octanol–water partition coefficient (Wildman–Crippen LogP) is 1.72. The summed E-state index contributed by atoms with van der Waals surface area (Å²) in [6.07, 6.45) is 3.11. The van der Waals surface area contributed by atoms with Gasteiger partial charge in [0.05, 0.1) is 0 Å². The van der Waals surface area contributed by atoms with Crippen molar-refractivity contribution in [2.45, 2.75) is 5.03 Å². The maximum absolute atomic E-state index is 5.35. The van der Waals surface area contributed by atoms with Crippen LogP contribution in [0, 0.1) is 0 Å². The zero-order chi connectivity index (χ0) is 5.82. The lowest BCUT2D eigenvalue weighted by molar-refractivity contribution is 1.05. The van der Waals surface area contributed by atoms with Crippen LogP contribution in [-0.4, -0.2) is 9.97 Å². The summed E-state index contributed by atoms with van der Waals surface area (Å²) in [4.78, 5) is 7.53. The van der Waals surface area contributed by atoms with Crippen LogP contribution in [0.25, 0.3) is 0 Å². The maximum Gasteiger partial charge on any atom is 0.116 e. The molecule has 0 aromatic carbocycles. The standard InChI is InChI=1S/C4H3ClN2S/c5-8-4-1-2-6-3-7-4/h1-3H. The van der Waals surface area contributed by atoms with Gasteiger partial charge >= 0.3 is 0 Å². The van der Waals surface area contributed by atoms with Gasteiger partial charge in [0.2, 0.25) is 0 Å². The van der Waals surface area contributed by atoms with Crippen LogP contribution in [0.3, 0.4) is 0 Å². The fourth-order valence-electron chi connectivity index (χ4n) is 0.324. The number of nitrogens with zero attached hydrogens (tertiary/aromatic N) is 2. The normalized spacial score (nSPS) is 9.12. The molecule has 0 saturated heterocycles. The molecule has 1 rings (SSSR count). The molecule has 0 amide bonds. The predicted molar refractivity (Wildman–Crippen MR) is 33.7 cm³/mol. The third-order valence-electron chi connectivity index (χ3n) is 0.634. The molecule has 0 bridgehead atoms. The van der Waals surface area contributed by atoms with Crippen LogP contribution in [-0.2, 0) is 0 Å². The first-order valence-electron chi connectivity index (χ1n) is 1.98. The number of hydrogen-bond donors (Lipinski definition) is 0. The number of hydrogen-bond acceptors (Lipinski definition) is 3. The zero-order valence-corrected chi connectivity index (χ0v) is 5.49. The van der Waals surface area contributed by atoms with Crippen LogP contribution in [0.1, 0.15) is 0 Å². The topological polar surface area (TPSA) is 25.8 Å². The monoisotopic (exact) mass is 146 g/mol. The highest BCUT2D eigenvalue weighted by molar-refractivity contribution is 8.21. The number of rotatable bonds is 1. The minimum Gasteiger partial charge on any atom is -0.245 e. The van der Waals surface area contributed by atoms with E-state index >= 15 is 0 Å². The molecule has 1 aromatic heterocycles. The average molecular weight is 147 g/mol. The van der Waals surface area contributed by atoms with Crippen molar-refractivity contribution >= 4 is 21.7 Å². The maximum atomic E-state index is 5.35. The Balaban J connectivity index is 2.83. The Kier molecular flexibility index (Phi) is 2.11. The van der Waals surface area contributed by atoms with E-state index in [9.17, 15) is 0 Å². The van der Waals surface area contributed by atoms with Crippen LogP contribution in [0.15, 0.2) is 23.6 Å². The molecule has 0 unspecified atom stereocenters. The second-order valence-electron chi connectivity index (χ2n) is 1.12. The van der Waals surface area contributed by atoms with Crippen LogP contribution >= 0.6 is 21.7 Å². The van der Waals surface area contributed by atoms with Gasteiger partial charge in [-0.05, 0) is 16.7 Å². The molecule has 1 aromatic rings. The second kappa shape index (κ2) is 2.89. The average Bonchev–Trinajstić information content (AvgIpc) is 1.90. The summed E-state index contributed by atoms with van der Waals surface area (Å²) in [6.45, 7) is 0. The lowest BCUT2D eigenvalue weighted by atomic mass is 10.7. The molecule has 0 aliphatic heterocycles. The van der Waals surface area contributed by atoms with Crippen molar-refractivity contribution in [2.24, 2.45) is 0 Å². The largest absolute Gasteiger partial charge is 0.245 e. The van der Waals surface area contributed by atoms with Gasteiger partial charge in [-0.3, -0.25) is 0 Å². The first-order valence-corrected chi connectivity index (χ1v) is 3.62. The summed E-state index contributed by atoms with van der Waals surface area (Å²) in [6, 6.07) is 1.75. The fraction of sp³-hybridized carbons (Fsp3) is 0. The van der Waals surface area contributed by atoms with E-state index in [0.717, 1.165) is 16.0 Å². The van der Waals surface area contributed by atoms with Crippen molar-refractivity contribution in [3.8, 4) is 0 Å². The first kappa shape index (κ1) is 5.85. The third-order valence-corrected chi connectivity index (χ3v) is 1.51. The van der Waals surface area contributed by atoms with Gasteiger partial charge in [0.15, 0.2) is 0 Å². The lowest BCUT2D eigenvalue weighted by Crippen LogP contribution is -1.75. The summed E-state index contributed by atoms with van der Waals surface area (Å²) in [5.74, 6) is 0. The molecule has 0 N–H and O–H groups in total. The van der Waals surface area contributed by atoms with E-state index in [1.165, 1.54) is 6.33 Å². The molecule has 0 atom stereocenters. The summed E-state index contributed by atoms with van der Waals surface area (Å²) in [7, 11) is 6.44.